The number of carbonyl (C=O) groups is 3. The van der Waals surface area contributed by atoms with Gasteiger partial charge in [0.2, 0.25) is 5.91 Å². The van der Waals surface area contributed by atoms with Gasteiger partial charge in [-0.15, -0.1) is 11.3 Å². The summed E-state index contributed by atoms with van der Waals surface area (Å²) in [4.78, 5) is 37.6. The van der Waals surface area contributed by atoms with Crippen LogP contribution in [0.5, 0.6) is 0 Å². The number of ether oxygens (including phenoxy) is 2. The Morgan fingerprint density at radius 1 is 1.15 bits per heavy atom. The van der Waals surface area contributed by atoms with Crippen molar-refractivity contribution < 1.29 is 23.9 Å². The third-order valence-electron chi connectivity index (χ3n) is 4.48. The Balaban J connectivity index is 2.26. The van der Waals surface area contributed by atoms with E-state index in [0.29, 0.717) is 21.9 Å². The van der Waals surface area contributed by atoms with Gasteiger partial charge in [-0.3, -0.25) is 4.79 Å². The van der Waals surface area contributed by atoms with Gasteiger partial charge in [0, 0.05) is 6.42 Å². The predicted molar refractivity (Wildman–Crippen MR) is 105 cm³/mol. The van der Waals surface area contributed by atoms with E-state index in [1.807, 2.05) is 13.8 Å². The standard InChI is InChI=1S/C20H29NO5S/c1-5-25-19(23)16-13(4)17(20(24)26-14-9-7-6-8-10-14)27-18(16)21-15(22)11-12(2)3/h12,14H,5-11H2,1-4H3,(H,21,22). The van der Waals surface area contributed by atoms with Gasteiger partial charge in [-0.25, -0.2) is 9.59 Å². The van der Waals surface area contributed by atoms with Gasteiger partial charge in [0.1, 0.15) is 16.0 Å². The van der Waals surface area contributed by atoms with Crippen molar-refractivity contribution in [3.05, 3.63) is 16.0 Å². The second-order valence-corrected chi connectivity index (χ2v) is 8.31. The molecule has 1 aromatic heterocycles. The number of anilines is 1. The fourth-order valence-corrected chi connectivity index (χ4v) is 4.28. The van der Waals surface area contributed by atoms with Gasteiger partial charge in [-0.05, 0) is 51.0 Å². The number of hydrogen-bond acceptors (Lipinski definition) is 6. The van der Waals surface area contributed by atoms with Crippen molar-refractivity contribution in [1.29, 1.82) is 0 Å². The van der Waals surface area contributed by atoms with Crippen LogP contribution in [0.3, 0.4) is 0 Å². The van der Waals surface area contributed by atoms with Crippen LogP contribution in [0.25, 0.3) is 0 Å². The maximum Gasteiger partial charge on any atom is 0.348 e. The maximum absolute atomic E-state index is 12.7. The van der Waals surface area contributed by atoms with Gasteiger partial charge in [-0.2, -0.15) is 0 Å². The molecule has 1 saturated carbocycles. The van der Waals surface area contributed by atoms with E-state index in [9.17, 15) is 14.4 Å². The van der Waals surface area contributed by atoms with Gasteiger partial charge in [0.15, 0.2) is 0 Å². The molecule has 0 aliphatic heterocycles. The quantitative estimate of drug-likeness (QED) is 0.676. The van der Waals surface area contributed by atoms with Crippen molar-refractivity contribution in [1.82, 2.24) is 0 Å². The van der Waals surface area contributed by atoms with E-state index in [1.54, 1.807) is 13.8 Å². The van der Waals surface area contributed by atoms with Crippen LogP contribution < -0.4 is 5.32 Å². The Hall–Kier alpha value is -1.89. The lowest BCUT2D eigenvalue weighted by atomic mass is 9.98. The lowest BCUT2D eigenvalue weighted by Crippen LogP contribution is -2.21. The molecule has 6 nitrogen and oxygen atoms in total. The first-order valence-electron chi connectivity index (χ1n) is 9.64. The minimum Gasteiger partial charge on any atom is -0.462 e. The van der Waals surface area contributed by atoms with Gasteiger partial charge >= 0.3 is 11.9 Å². The first-order chi connectivity index (χ1) is 12.8. The maximum atomic E-state index is 12.7. The van der Waals surface area contributed by atoms with Crippen LogP contribution in [0.1, 0.15) is 84.9 Å². The third kappa shape index (κ3) is 5.79. The molecule has 0 unspecified atom stereocenters. The minimum absolute atomic E-state index is 0.0715. The topological polar surface area (TPSA) is 81.7 Å². The molecule has 27 heavy (non-hydrogen) atoms. The Labute approximate surface area is 164 Å². The highest BCUT2D eigenvalue weighted by Gasteiger charge is 2.29. The van der Waals surface area contributed by atoms with E-state index in [2.05, 4.69) is 5.32 Å². The smallest absolute Gasteiger partial charge is 0.348 e. The van der Waals surface area contributed by atoms with E-state index in [-0.39, 0.29) is 30.1 Å². The summed E-state index contributed by atoms with van der Waals surface area (Å²) in [5, 5.41) is 3.13. The highest BCUT2D eigenvalue weighted by molar-refractivity contribution is 7.18. The Morgan fingerprint density at radius 3 is 2.41 bits per heavy atom. The van der Waals surface area contributed by atoms with E-state index < -0.39 is 11.9 Å². The largest absolute Gasteiger partial charge is 0.462 e. The van der Waals surface area contributed by atoms with Crippen LogP contribution in [0.4, 0.5) is 5.00 Å². The second kappa shape index (κ2) is 9.88. The molecule has 0 bridgehead atoms. The summed E-state index contributed by atoms with van der Waals surface area (Å²) in [6.07, 6.45) is 5.31. The molecule has 0 saturated heterocycles. The molecule has 1 aliphatic carbocycles. The van der Waals surface area contributed by atoms with E-state index in [0.717, 1.165) is 37.0 Å². The summed E-state index contributed by atoms with van der Waals surface area (Å²) < 4.78 is 10.8. The molecule has 1 fully saturated rings. The zero-order valence-corrected chi connectivity index (χ0v) is 17.4. The molecule has 0 aromatic carbocycles. The SMILES string of the molecule is CCOC(=O)c1c(NC(=O)CC(C)C)sc(C(=O)OC2CCCCC2)c1C. The molecule has 1 heterocycles. The zero-order chi connectivity index (χ0) is 20.0. The summed E-state index contributed by atoms with van der Waals surface area (Å²) in [5.41, 5.74) is 0.744. The van der Waals surface area contributed by atoms with Crippen LogP contribution in [-0.4, -0.2) is 30.6 Å². The molecular formula is C20H29NO5S. The zero-order valence-electron chi connectivity index (χ0n) is 16.6. The van der Waals surface area contributed by atoms with Crippen molar-refractivity contribution in [2.24, 2.45) is 5.92 Å². The van der Waals surface area contributed by atoms with Gasteiger partial charge in [0.05, 0.1) is 12.2 Å². The van der Waals surface area contributed by atoms with Crippen molar-refractivity contribution in [2.45, 2.75) is 72.3 Å². The van der Waals surface area contributed by atoms with Gasteiger partial charge in [-0.1, -0.05) is 20.3 Å². The average molecular weight is 396 g/mol. The van der Waals surface area contributed by atoms with Gasteiger partial charge < -0.3 is 14.8 Å². The number of amides is 1. The first-order valence-corrected chi connectivity index (χ1v) is 10.5. The number of carbonyl (C=O) groups excluding carboxylic acids is 3. The fourth-order valence-electron chi connectivity index (χ4n) is 3.18. The van der Waals surface area contributed by atoms with Crippen molar-refractivity contribution in [3.8, 4) is 0 Å². The Bertz CT molecular complexity index is 689. The molecule has 0 radical (unpaired) electrons. The molecule has 1 aliphatic rings. The highest BCUT2D eigenvalue weighted by atomic mass is 32.1. The van der Waals surface area contributed by atoms with Crippen LogP contribution in [0.2, 0.25) is 0 Å². The molecule has 2 rings (SSSR count). The molecule has 7 heteroatoms. The van der Waals surface area contributed by atoms with Crippen LogP contribution in [-0.2, 0) is 14.3 Å². The van der Waals surface area contributed by atoms with Crippen molar-refractivity contribution in [3.63, 3.8) is 0 Å². The lowest BCUT2D eigenvalue weighted by Gasteiger charge is -2.21. The summed E-state index contributed by atoms with van der Waals surface area (Å²) in [6, 6.07) is 0. The van der Waals surface area contributed by atoms with Crippen molar-refractivity contribution >= 4 is 34.2 Å². The molecule has 150 valence electrons. The number of thiophene rings is 1. The second-order valence-electron chi connectivity index (χ2n) is 7.29. The highest BCUT2D eigenvalue weighted by Crippen LogP contribution is 2.35. The molecule has 0 atom stereocenters. The third-order valence-corrected chi connectivity index (χ3v) is 5.67. The number of nitrogens with one attached hydrogen (secondary N) is 1. The normalized spacial score (nSPS) is 14.9. The van der Waals surface area contributed by atoms with Crippen LogP contribution in [0, 0.1) is 12.8 Å². The van der Waals surface area contributed by atoms with E-state index in [4.69, 9.17) is 9.47 Å². The number of esters is 2. The summed E-state index contributed by atoms with van der Waals surface area (Å²) in [6.45, 7) is 7.51. The molecule has 1 N–H and O–H groups in total. The molecule has 0 spiro atoms. The monoisotopic (exact) mass is 395 g/mol. The first kappa shape index (κ1) is 21.4. The van der Waals surface area contributed by atoms with Crippen LogP contribution in [0.15, 0.2) is 0 Å². The Morgan fingerprint density at radius 2 is 1.81 bits per heavy atom. The van der Waals surface area contributed by atoms with E-state index in [1.165, 1.54) is 6.42 Å². The predicted octanol–water partition coefficient (Wildman–Crippen LogP) is 4.71. The summed E-state index contributed by atoms with van der Waals surface area (Å²) in [7, 11) is 0. The van der Waals surface area contributed by atoms with Gasteiger partial charge in [0.25, 0.3) is 0 Å². The molecule has 1 aromatic rings. The molecule has 1 amide bonds. The fraction of sp³-hybridized carbons (Fsp3) is 0.650. The number of hydrogen-bond donors (Lipinski definition) is 1. The summed E-state index contributed by atoms with van der Waals surface area (Å²) >= 11 is 1.09. The molecular weight excluding hydrogens is 366 g/mol. The minimum atomic E-state index is -0.539. The van der Waals surface area contributed by atoms with Crippen LogP contribution >= 0.6 is 11.3 Å². The van der Waals surface area contributed by atoms with Crippen molar-refractivity contribution in [2.75, 3.05) is 11.9 Å². The Kier molecular flexibility index (Phi) is 7.83. The van der Waals surface area contributed by atoms with E-state index >= 15 is 0 Å². The number of rotatable bonds is 7. The lowest BCUT2D eigenvalue weighted by molar-refractivity contribution is -0.116. The summed E-state index contributed by atoms with van der Waals surface area (Å²) in [5.74, 6) is -0.973. The average Bonchev–Trinajstić information content (AvgIpc) is 2.91.